The van der Waals surface area contributed by atoms with E-state index in [2.05, 4.69) is 4.98 Å². The Labute approximate surface area is 222 Å². The molecule has 4 aromatic rings. The number of carbonyl (C=O) groups is 1. The largest absolute Gasteiger partial charge is 0.497 e. The first-order valence-corrected chi connectivity index (χ1v) is 12.5. The molecule has 5 rings (SSSR count). The van der Waals surface area contributed by atoms with Crippen LogP contribution in [0.1, 0.15) is 34.0 Å². The lowest BCUT2D eigenvalue weighted by atomic mass is 10.0. The first kappa shape index (κ1) is 25.3. The van der Waals surface area contributed by atoms with E-state index in [1.165, 1.54) is 6.08 Å². The number of nitrogens with zero attached hydrogens (tertiary/aromatic N) is 3. The molecule has 0 aliphatic heterocycles. The van der Waals surface area contributed by atoms with E-state index in [0.29, 0.717) is 12.2 Å². The fourth-order valence-electron chi connectivity index (χ4n) is 4.96. The summed E-state index contributed by atoms with van der Waals surface area (Å²) in [5.74, 6) is 1.11. The summed E-state index contributed by atoms with van der Waals surface area (Å²) in [6.07, 6.45) is 6.01. The van der Waals surface area contributed by atoms with E-state index < -0.39 is 12.2 Å². The van der Waals surface area contributed by atoms with Crippen molar-refractivity contribution in [1.29, 1.82) is 0 Å². The quantitative estimate of drug-likeness (QED) is 0.278. The van der Waals surface area contributed by atoms with E-state index in [-0.39, 0.29) is 12.5 Å². The number of aromatic nitrogens is 2. The number of benzene rings is 3. The average molecular weight is 512 g/mol. The van der Waals surface area contributed by atoms with Crippen LogP contribution in [0.15, 0.2) is 85.3 Å². The second-order valence-corrected chi connectivity index (χ2v) is 9.36. The Kier molecular flexibility index (Phi) is 7.26. The van der Waals surface area contributed by atoms with Crippen LogP contribution < -0.4 is 9.47 Å². The van der Waals surface area contributed by atoms with Crippen LogP contribution in [0.2, 0.25) is 0 Å². The summed E-state index contributed by atoms with van der Waals surface area (Å²) in [5.41, 5.74) is 5.24. The van der Waals surface area contributed by atoms with Gasteiger partial charge in [-0.25, -0.2) is 9.37 Å². The van der Waals surface area contributed by atoms with Crippen LogP contribution in [0.5, 0.6) is 11.5 Å². The van der Waals surface area contributed by atoms with E-state index >= 15 is 4.39 Å². The number of amides is 1. The Bertz CT molecular complexity index is 1460. The SMILES string of the molecule is COc1ccc(CN(C(=O)/C=C/c2ccc(-n3cnc(C)c3)c(OC)c2)[C@@H]2c3ccccc3C[C@@H]2F)cc1. The van der Waals surface area contributed by atoms with Crippen LogP contribution in [-0.2, 0) is 17.8 Å². The number of hydrogen-bond donors (Lipinski definition) is 0. The van der Waals surface area contributed by atoms with Crippen molar-refractivity contribution in [2.24, 2.45) is 0 Å². The topological polar surface area (TPSA) is 56.6 Å². The van der Waals surface area contributed by atoms with Crippen molar-refractivity contribution in [2.75, 3.05) is 14.2 Å². The van der Waals surface area contributed by atoms with E-state index in [1.54, 1.807) is 31.5 Å². The molecule has 6 nitrogen and oxygen atoms in total. The third kappa shape index (κ3) is 5.18. The van der Waals surface area contributed by atoms with Gasteiger partial charge in [0.15, 0.2) is 0 Å². The summed E-state index contributed by atoms with van der Waals surface area (Å²) in [6.45, 7) is 2.20. The van der Waals surface area contributed by atoms with Gasteiger partial charge in [0.25, 0.3) is 0 Å². The molecule has 1 aliphatic rings. The number of alkyl halides is 1. The van der Waals surface area contributed by atoms with Gasteiger partial charge in [-0.15, -0.1) is 0 Å². The first-order chi connectivity index (χ1) is 18.5. The van der Waals surface area contributed by atoms with Crippen molar-refractivity contribution in [2.45, 2.75) is 32.1 Å². The summed E-state index contributed by atoms with van der Waals surface area (Å²) in [5, 5.41) is 0. The molecule has 38 heavy (non-hydrogen) atoms. The molecule has 0 unspecified atom stereocenters. The van der Waals surface area contributed by atoms with Crippen molar-refractivity contribution in [1.82, 2.24) is 14.5 Å². The first-order valence-electron chi connectivity index (χ1n) is 12.5. The third-order valence-corrected chi connectivity index (χ3v) is 6.87. The maximum absolute atomic E-state index is 15.4. The third-order valence-electron chi connectivity index (χ3n) is 6.87. The van der Waals surface area contributed by atoms with Gasteiger partial charge in [0.1, 0.15) is 17.7 Å². The lowest BCUT2D eigenvalue weighted by Crippen LogP contribution is -2.36. The van der Waals surface area contributed by atoms with Crippen molar-refractivity contribution < 1.29 is 18.7 Å². The molecule has 2 atom stereocenters. The number of carbonyl (C=O) groups excluding carboxylic acids is 1. The van der Waals surface area contributed by atoms with Gasteiger partial charge in [-0.2, -0.15) is 0 Å². The highest BCUT2D eigenvalue weighted by Gasteiger charge is 2.38. The van der Waals surface area contributed by atoms with E-state index in [0.717, 1.165) is 39.4 Å². The van der Waals surface area contributed by atoms with E-state index in [4.69, 9.17) is 9.47 Å². The minimum Gasteiger partial charge on any atom is -0.497 e. The number of imidazole rings is 1. The zero-order valence-corrected chi connectivity index (χ0v) is 21.7. The number of aryl methyl sites for hydroxylation is 1. The highest BCUT2D eigenvalue weighted by Crippen LogP contribution is 2.39. The van der Waals surface area contributed by atoms with Gasteiger partial charge < -0.3 is 18.9 Å². The molecule has 1 aromatic heterocycles. The summed E-state index contributed by atoms with van der Waals surface area (Å²) in [4.78, 5) is 19.5. The van der Waals surface area contributed by atoms with Crippen molar-refractivity contribution >= 4 is 12.0 Å². The molecule has 1 heterocycles. The van der Waals surface area contributed by atoms with Gasteiger partial charge in [-0.05, 0) is 59.5 Å². The molecule has 1 amide bonds. The summed E-state index contributed by atoms with van der Waals surface area (Å²) < 4.78 is 28.2. The standard InChI is InChI=1S/C31H30FN3O3/c1-21-18-34(20-33-21)28-14-10-22(16-29(28)38-3)11-15-30(36)35(19-23-8-12-25(37-2)13-9-23)31-26-7-5-4-6-24(26)17-27(31)32/h4-16,18,20,27,31H,17,19H2,1-3H3/b15-11+/t27-,31+/m0/s1. The fourth-order valence-corrected chi connectivity index (χ4v) is 4.96. The molecule has 0 spiro atoms. The number of rotatable bonds is 8. The molecule has 0 fully saturated rings. The highest BCUT2D eigenvalue weighted by molar-refractivity contribution is 5.92. The maximum Gasteiger partial charge on any atom is 0.247 e. The Hall–Kier alpha value is -4.39. The molecule has 0 N–H and O–H groups in total. The summed E-state index contributed by atoms with van der Waals surface area (Å²) in [6, 6.07) is 20.2. The molecule has 7 heteroatoms. The van der Waals surface area contributed by atoms with Crippen LogP contribution in [0.3, 0.4) is 0 Å². The lowest BCUT2D eigenvalue weighted by Gasteiger charge is -2.30. The van der Waals surface area contributed by atoms with Gasteiger partial charge in [0.2, 0.25) is 5.91 Å². The number of fused-ring (bicyclic) bond motifs is 1. The normalized spacial score (nSPS) is 16.4. The molecule has 0 saturated heterocycles. The maximum atomic E-state index is 15.4. The zero-order valence-electron chi connectivity index (χ0n) is 21.7. The number of halogens is 1. The Morgan fingerprint density at radius 2 is 1.89 bits per heavy atom. The van der Waals surface area contributed by atoms with Gasteiger partial charge in [0.05, 0.1) is 38.0 Å². The Morgan fingerprint density at radius 3 is 2.61 bits per heavy atom. The average Bonchev–Trinajstić information content (AvgIpc) is 3.52. The number of hydrogen-bond acceptors (Lipinski definition) is 4. The second-order valence-electron chi connectivity index (χ2n) is 9.36. The van der Waals surface area contributed by atoms with Gasteiger partial charge in [0, 0.05) is 25.2 Å². The minimum absolute atomic E-state index is 0.265. The molecule has 194 valence electrons. The molecule has 0 saturated carbocycles. The summed E-state index contributed by atoms with van der Waals surface area (Å²) in [7, 11) is 3.22. The predicted octanol–water partition coefficient (Wildman–Crippen LogP) is 5.88. The predicted molar refractivity (Wildman–Crippen MR) is 145 cm³/mol. The summed E-state index contributed by atoms with van der Waals surface area (Å²) >= 11 is 0. The van der Waals surface area contributed by atoms with E-state index in [1.807, 2.05) is 84.4 Å². The molecule has 3 aromatic carbocycles. The smallest absolute Gasteiger partial charge is 0.247 e. The van der Waals surface area contributed by atoms with Gasteiger partial charge >= 0.3 is 0 Å². The monoisotopic (exact) mass is 511 g/mol. The molecule has 0 bridgehead atoms. The van der Waals surface area contributed by atoms with Gasteiger partial charge in [-0.3, -0.25) is 4.79 Å². The number of methoxy groups -OCH3 is 2. The van der Waals surface area contributed by atoms with Gasteiger partial charge in [-0.1, -0.05) is 42.5 Å². The molecule has 1 aliphatic carbocycles. The van der Waals surface area contributed by atoms with Crippen molar-refractivity contribution in [3.05, 3.63) is 113 Å². The second kappa shape index (κ2) is 10.9. The van der Waals surface area contributed by atoms with Crippen LogP contribution in [0.4, 0.5) is 4.39 Å². The Morgan fingerprint density at radius 1 is 1.11 bits per heavy atom. The van der Waals surface area contributed by atoms with E-state index in [9.17, 15) is 4.79 Å². The van der Waals surface area contributed by atoms with Crippen LogP contribution >= 0.6 is 0 Å². The minimum atomic E-state index is -1.18. The number of ether oxygens (including phenoxy) is 2. The molecular weight excluding hydrogens is 481 g/mol. The van der Waals surface area contributed by atoms with Crippen LogP contribution in [0, 0.1) is 6.92 Å². The zero-order chi connectivity index (χ0) is 26.6. The van der Waals surface area contributed by atoms with Crippen LogP contribution in [-0.4, -0.2) is 40.7 Å². The lowest BCUT2D eigenvalue weighted by molar-refractivity contribution is -0.130. The van der Waals surface area contributed by atoms with Crippen molar-refractivity contribution in [3.8, 4) is 17.2 Å². The highest BCUT2D eigenvalue weighted by atomic mass is 19.1. The molecule has 0 radical (unpaired) electrons. The van der Waals surface area contributed by atoms with Crippen molar-refractivity contribution in [3.63, 3.8) is 0 Å². The molecular formula is C31H30FN3O3. The Balaban J connectivity index is 1.44. The fraction of sp³-hybridized carbons (Fsp3) is 0.226. The van der Waals surface area contributed by atoms with Crippen LogP contribution in [0.25, 0.3) is 11.8 Å².